The molecule has 5 unspecified atom stereocenters. The van der Waals surface area contributed by atoms with E-state index in [1.807, 2.05) is 6.92 Å². The Morgan fingerprint density at radius 1 is 1.08 bits per heavy atom. The van der Waals surface area contributed by atoms with Gasteiger partial charge in [-0.15, -0.1) is 0 Å². The van der Waals surface area contributed by atoms with E-state index in [4.69, 9.17) is 19.5 Å². The lowest BCUT2D eigenvalue weighted by molar-refractivity contribution is -0.137. The number of nitrogens with one attached hydrogen (secondary N) is 2. The molecule has 0 bridgehead atoms. The third-order valence-corrected chi connectivity index (χ3v) is 13.4. The first-order valence-electron chi connectivity index (χ1n) is 18.0. The fraction of sp³-hybridized carbons (Fsp3) is 0.645. The molecule has 2 aliphatic rings. The number of nitrogens with two attached hydrogens (primary N) is 1. The van der Waals surface area contributed by atoms with Gasteiger partial charge >= 0.3 is 23.5 Å². The highest BCUT2D eigenvalue weighted by Crippen LogP contribution is 2.61. The van der Waals surface area contributed by atoms with E-state index >= 15 is 0 Å². The number of nitrogen functional groups attached to an aromatic ring is 1. The number of hydrogen-bond donors (Lipinski definition) is 9. The molecule has 2 aromatic heterocycles. The Morgan fingerprint density at radius 3 is 2.42 bits per heavy atom. The minimum atomic E-state index is -5.59. The van der Waals surface area contributed by atoms with Crippen LogP contribution in [-0.2, 0) is 55.5 Å². The molecule has 2 fully saturated rings. The van der Waals surface area contributed by atoms with Crippen molar-refractivity contribution in [1.29, 1.82) is 0 Å². The number of allylic oxidation sites excluding steroid dienone is 1. The lowest BCUT2D eigenvalue weighted by atomic mass is 9.79. The number of ketones is 1. The van der Waals surface area contributed by atoms with E-state index in [1.165, 1.54) is 13.8 Å². The van der Waals surface area contributed by atoms with Gasteiger partial charge in [-0.1, -0.05) is 37.8 Å². The first-order chi connectivity index (χ1) is 27.8. The Labute approximate surface area is 346 Å². The largest absolute Gasteiger partial charge is 0.481 e. The Balaban J connectivity index is 1.20. The summed E-state index contributed by atoms with van der Waals surface area (Å²) in [7, 11) is -16.4. The van der Waals surface area contributed by atoms with Crippen molar-refractivity contribution < 1.29 is 85.3 Å². The molecule has 1 saturated heterocycles. The summed E-state index contributed by atoms with van der Waals surface area (Å²) in [6.07, 6.45) is -5.60. The van der Waals surface area contributed by atoms with Gasteiger partial charge in [-0.25, -0.2) is 28.6 Å². The first kappa shape index (κ1) is 49.6. The molecule has 1 aliphatic heterocycles. The molecule has 0 aromatic carbocycles. The van der Waals surface area contributed by atoms with Crippen molar-refractivity contribution in [1.82, 2.24) is 30.2 Å². The molecule has 10 N–H and O–H groups in total. The minimum Gasteiger partial charge on any atom is -0.386 e. The number of ether oxygens (including phenoxy) is 1. The minimum absolute atomic E-state index is 0.0240. The van der Waals surface area contributed by atoms with Crippen molar-refractivity contribution in [3.05, 3.63) is 24.8 Å². The molecular weight excluding hydrogens is 883 g/mol. The van der Waals surface area contributed by atoms with Crippen molar-refractivity contribution >= 4 is 74.9 Å². The lowest BCUT2D eigenvalue weighted by Gasteiger charge is -2.30. The molecule has 3 heterocycles. The van der Waals surface area contributed by atoms with Crippen LogP contribution in [0, 0.1) is 17.3 Å². The van der Waals surface area contributed by atoms with Crippen LogP contribution in [0.3, 0.4) is 0 Å². The van der Waals surface area contributed by atoms with E-state index in [0.29, 0.717) is 12.8 Å². The number of anilines is 1. The summed E-state index contributed by atoms with van der Waals surface area (Å²) in [4.78, 5) is 101. The van der Waals surface area contributed by atoms with Crippen LogP contribution < -0.4 is 16.4 Å². The first-order valence-corrected chi connectivity index (χ1v) is 23.5. The van der Waals surface area contributed by atoms with E-state index in [0.717, 1.165) is 34.6 Å². The zero-order chi connectivity index (χ0) is 44.8. The van der Waals surface area contributed by atoms with Gasteiger partial charge in [0.1, 0.15) is 42.0 Å². The van der Waals surface area contributed by atoms with Crippen LogP contribution in [0.4, 0.5) is 5.82 Å². The number of amides is 2. The molecule has 0 radical (unpaired) electrons. The van der Waals surface area contributed by atoms with Crippen LogP contribution in [0.5, 0.6) is 0 Å². The van der Waals surface area contributed by atoms with Crippen LogP contribution >= 0.6 is 35.2 Å². The molecule has 2 aromatic rings. The summed E-state index contributed by atoms with van der Waals surface area (Å²) in [5.74, 6) is -2.04. The Hall–Kier alpha value is -3.03. The molecule has 2 amide bonds. The topological polar surface area (TPSA) is 381 Å². The summed E-state index contributed by atoms with van der Waals surface area (Å²) in [6.45, 7) is 6.04. The number of phosphoric acid groups is 3. The van der Waals surface area contributed by atoms with Gasteiger partial charge < -0.3 is 50.9 Å². The highest BCUT2D eigenvalue weighted by molar-refractivity contribution is 8.13. The van der Waals surface area contributed by atoms with Crippen LogP contribution in [0.25, 0.3) is 11.2 Å². The maximum atomic E-state index is 12.7. The highest BCUT2D eigenvalue weighted by Gasteiger charge is 2.50. The maximum Gasteiger partial charge on any atom is 0.481 e. The smallest absolute Gasteiger partial charge is 0.386 e. The van der Waals surface area contributed by atoms with Gasteiger partial charge in [0.25, 0.3) is 0 Å². The number of phosphoric ester groups is 3. The molecule has 336 valence electrons. The summed E-state index contributed by atoms with van der Waals surface area (Å²) in [5, 5.41) is 26.1. The molecular formula is C31H48N7O18P3S. The number of rotatable bonds is 21. The standard InChI is InChI=1S/C31H48N7O18P3S/c1-16(2)17-5-6-18(19(39)11-17)30(44)60-10-9-33-21(40)7-8-34-28(43)25(42)31(3,4)13-53-59(50,51)56-58(48,49)52-12-20-24(55-57(45,46)47)23(41)29(54-20)38-15-37-22-26(32)35-14-36-27(22)38/h14-15,17-18,20,23-25,29,41-42H,1,5-13H2,2-4H3,(H,33,40)(H,34,43)(H,48,49)(H,50,51)(H2,32,35,36)(H2,45,46,47)/t17?,18?,20-,23-,24-,25?,29-/m1/s1. The van der Waals surface area contributed by atoms with Crippen LogP contribution in [0.2, 0.25) is 0 Å². The van der Waals surface area contributed by atoms with Gasteiger partial charge in [-0.05, 0) is 25.7 Å². The van der Waals surface area contributed by atoms with Crippen LogP contribution in [0.15, 0.2) is 24.8 Å². The number of imidazole rings is 1. The van der Waals surface area contributed by atoms with Crippen molar-refractivity contribution in [2.75, 3.05) is 37.8 Å². The second-order valence-corrected chi connectivity index (χ2v) is 19.9. The molecule has 4 rings (SSSR count). The second kappa shape index (κ2) is 20.4. The quantitative estimate of drug-likeness (QED) is 0.0350. The zero-order valence-electron chi connectivity index (χ0n) is 32.5. The second-order valence-electron chi connectivity index (χ2n) is 14.6. The van der Waals surface area contributed by atoms with Gasteiger partial charge in [0.15, 0.2) is 22.8 Å². The number of carbonyl (C=O) groups is 4. The zero-order valence-corrected chi connectivity index (χ0v) is 36.0. The third kappa shape index (κ3) is 13.7. The number of nitrogens with zero attached hydrogens (tertiary/aromatic N) is 4. The van der Waals surface area contributed by atoms with E-state index < -0.39 is 90.5 Å². The Bertz CT molecular complexity index is 2070. The van der Waals surface area contributed by atoms with E-state index in [9.17, 15) is 62.7 Å². The fourth-order valence-electron chi connectivity index (χ4n) is 6.07. The van der Waals surface area contributed by atoms with Gasteiger partial charge in [0.2, 0.25) is 11.8 Å². The number of carbonyl (C=O) groups excluding carboxylic acids is 4. The predicted octanol–water partition coefficient (Wildman–Crippen LogP) is 0.226. The monoisotopic (exact) mass is 931 g/mol. The molecule has 1 aliphatic carbocycles. The number of Topliss-reactive ketones (excluding diaryl/α,β-unsaturated/α-hetero) is 1. The predicted molar refractivity (Wildman–Crippen MR) is 208 cm³/mol. The molecule has 1 saturated carbocycles. The van der Waals surface area contributed by atoms with Gasteiger partial charge in [0.05, 0.1) is 25.5 Å². The number of aromatic nitrogens is 4. The summed E-state index contributed by atoms with van der Waals surface area (Å²) < 4.78 is 62.2. The average molecular weight is 932 g/mol. The van der Waals surface area contributed by atoms with Crippen molar-refractivity contribution in [2.24, 2.45) is 17.3 Å². The number of hydrogen-bond acceptors (Lipinski definition) is 19. The van der Waals surface area contributed by atoms with Gasteiger partial charge in [0, 0.05) is 37.1 Å². The molecule has 25 nitrogen and oxygen atoms in total. The summed E-state index contributed by atoms with van der Waals surface area (Å²) >= 11 is 0.947. The van der Waals surface area contributed by atoms with Crippen LogP contribution in [-0.4, -0.2) is 128 Å². The lowest BCUT2D eigenvalue weighted by Crippen LogP contribution is -2.46. The Morgan fingerprint density at radius 2 is 1.77 bits per heavy atom. The highest BCUT2D eigenvalue weighted by atomic mass is 32.2. The number of aliphatic hydroxyl groups excluding tert-OH is 2. The van der Waals surface area contributed by atoms with Crippen molar-refractivity contribution in [3.8, 4) is 0 Å². The average Bonchev–Trinajstić information content (AvgIpc) is 3.71. The fourth-order valence-corrected chi connectivity index (χ4v) is 9.75. The van der Waals surface area contributed by atoms with E-state index in [2.05, 4.69) is 41.0 Å². The van der Waals surface area contributed by atoms with Gasteiger partial charge in [-0.3, -0.25) is 37.3 Å². The van der Waals surface area contributed by atoms with Crippen molar-refractivity contribution in [2.45, 2.75) is 77.1 Å². The molecule has 60 heavy (non-hydrogen) atoms. The van der Waals surface area contributed by atoms with Crippen LogP contribution in [0.1, 0.15) is 52.7 Å². The Kier molecular flexibility index (Phi) is 16.9. The third-order valence-electron chi connectivity index (χ3n) is 9.37. The maximum absolute atomic E-state index is 12.7. The normalized spacial score (nSPS) is 25.0. The molecule has 0 spiro atoms. The SMILES string of the molecule is C=C(C)C1CCC(C(=O)SCCNC(=O)CCNC(=O)C(O)C(C)(C)COP(=O)(O)OP(=O)(O)OC[C@H]2O[C@@H](n3cnc4c(N)ncnc43)[C@H](O)[C@@H]2OP(=O)(O)O)C(=O)C1. The number of aliphatic hydroxyl groups is 2. The van der Waals surface area contributed by atoms with E-state index in [1.54, 1.807) is 0 Å². The number of thioether (sulfide) groups is 1. The molecule has 29 heteroatoms. The van der Waals surface area contributed by atoms with Crippen molar-refractivity contribution in [3.63, 3.8) is 0 Å². The molecule has 9 atom stereocenters. The number of fused-ring (bicyclic) bond motifs is 1. The van der Waals surface area contributed by atoms with E-state index in [-0.39, 0.29) is 65.5 Å². The summed E-state index contributed by atoms with van der Waals surface area (Å²) in [5.41, 5.74) is 5.14. The van der Waals surface area contributed by atoms with Gasteiger partial charge in [-0.2, -0.15) is 4.31 Å². The summed E-state index contributed by atoms with van der Waals surface area (Å²) in [6, 6.07) is 0.